The summed E-state index contributed by atoms with van der Waals surface area (Å²) < 4.78 is 26.7. The third-order valence-corrected chi connectivity index (χ3v) is 2.88. The van der Waals surface area contributed by atoms with E-state index in [1.807, 2.05) is 13.0 Å². The Morgan fingerprint density at radius 1 is 1.11 bits per heavy atom. The molecule has 0 heterocycles. The molecule has 0 aliphatic rings. The molecule has 1 amide bonds. The molecule has 0 unspecified atom stereocenters. The molecule has 0 radical (unpaired) electrons. The van der Waals surface area contributed by atoms with Gasteiger partial charge in [0.2, 0.25) is 0 Å². The molecule has 98 valence electrons. The topological polar surface area (TPSA) is 20.3 Å². The van der Waals surface area contributed by atoms with Gasteiger partial charge in [0.05, 0.1) is 5.56 Å². The van der Waals surface area contributed by atoms with E-state index in [1.165, 1.54) is 24.1 Å². The van der Waals surface area contributed by atoms with Crippen molar-refractivity contribution < 1.29 is 13.6 Å². The minimum Gasteiger partial charge on any atom is -0.311 e. The summed E-state index contributed by atoms with van der Waals surface area (Å²) in [6, 6.07) is 10.8. The van der Waals surface area contributed by atoms with Crippen molar-refractivity contribution in [2.75, 3.05) is 11.9 Å². The van der Waals surface area contributed by atoms with E-state index in [4.69, 9.17) is 0 Å². The molecule has 0 aromatic heterocycles. The molecular formula is C15H13F2NO. The Kier molecular flexibility index (Phi) is 3.60. The van der Waals surface area contributed by atoms with Crippen molar-refractivity contribution in [3.05, 3.63) is 65.2 Å². The highest BCUT2D eigenvalue weighted by Gasteiger charge is 2.19. The average Bonchev–Trinajstić information content (AvgIpc) is 2.40. The fourth-order valence-electron chi connectivity index (χ4n) is 1.80. The first-order valence-electron chi connectivity index (χ1n) is 5.79. The quantitative estimate of drug-likeness (QED) is 0.809. The fraction of sp³-hybridized carbons (Fsp3) is 0.133. The summed E-state index contributed by atoms with van der Waals surface area (Å²) >= 11 is 0. The Morgan fingerprint density at radius 3 is 2.47 bits per heavy atom. The van der Waals surface area contributed by atoms with Gasteiger partial charge in [-0.3, -0.25) is 4.79 Å². The molecule has 2 aromatic rings. The van der Waals surface area contributed by atoms with Crippen LogP contribution in [0.2, 0.25) is 0 Å². The van der Waals surface area contributed by atoms with Crippen molar-refractivity contribution in [1.29, 1.82) is 0 Å². The van der Waals surface area contributed by atoms with Gasteiger partial charge in [-0.2, -0.15) is 0 Å². The van der Waals surface area contributed by atoms with Crippen LogP contribution in [-0.2, 0) is 0 Å². The zero-order valence-corrected chi connectivity index (χ0v) is 10.7. The Hall–Kier alpha value is -2.23. The van der Waals surface area contributed by atoms with Crippen molar-refractivity contribution in [3.8, 4) is 0 Å². The molecule has 19 heavy (non-hydrogen) atoms. The number of hydrogen-bond acceptors (Lipinski definition) is 1. The predicted molar refractivity (Wildman–Crippen MR) is 70.3 cm³/mol. The van der Waals surface area contributed by atoms with Crippen LogP contribution in [0.4, 0.5) is 14.5 Å². The van der Waals surface area contributed by atoms with E-state index in [9.17, 15) is 13.6 Å². The molecule has 0 spiro atoms. The van der Waals surface area contributed by atoms with Crippen LogP contribution in [0.1, 0.15) is 15.9 Å². The molecule has 0 bridgehead atoms. The predicted octanol–water partition coefficient (Wildman–Crippen LogP) is 3.55. The summed E-state index contributed by atoms with van der Waals surface area (Å²) in [5, 5.41) is 0. The van der Waals surface area contributed by atoms with Gasteiger partial charge in [-0.15, -0.1) is 0 Å². The minimum atomic E-state index is -1.12. The van der Waals surface area contributed by atoms with Gasteiger partial charge in [0.15, 0.2) is 11.6 Å². The highest BCUT2D eigenvalue weighted by atomic mass is 19.2. The van der Waals surface area contributed by atoms with E-state index >= 15 is 0 Å². The van der Waals surface area contributed by atoms with E-state index in [0.29, 0.717) is 5.69 Å². The van der Waals surface area contributed by atoms with Crippen molar-refractivity contribution >= 4 is 11.6 Å². The summed E-state index contributed by atoms with van der Waals surface area (Å²) in [7, 11) is 1.53. The molecule has 0 atom stereocenters. The van der Waals surface area contributed by atoms with E-state index in [1.54, 1.807) is 18.2 Å². The SMILES string of the molecule is Cc1cccc(N(C)C(=O)c2cccc(F)c2F)c1. The zero-order chi connectivity index (χ0) is 14.0. The number of benzene rings is 2. The highest BCUT2D eigenvalue weighted by Crippen LogP contribution is 2.19. The summed E-state index contributed by atoms with van der Waals surface area (Å²) in [4.78, 5) is 13.4. The van der Waals surface area contributed by atoms with Crippen molar-refractivity contribution in [3.63, 3.8) is 0 Å². The summed E-state index contributed by atoms with van der Waals surface area (Å²) in [5.74, 6) is -2.72. The number of rotatable bonds is 2. The first-order chi connectivity index (χ1) is 9.00. The Morgan fingerprint density at radius 2 is 1.79 bits per heavy atom. The van der Waals surface area contributed by atoms with Crippen LogP contribution in [0, 0.1) is 18.6 Å². The minimum absolute atomic E-state index is 0.274. The first kappa shape index (κ1) is 13.2. The highest BCUT2D eigenvalue weighted by molar-refractivity contribution is 6.05. The molecule has 0 aliphatic carbocycles. The Labute approximate surface area is 110 Å². The molecular weight excluding hydrogens is 248 g/mol. The van der Waals surface area contributed by atoms with Gasteiger partial charge in [0, 0.05) is 12.7 Å². The second-order valence-corrected chi connectivity index (χ2v) is 4.30. The van der Waals surface area contributed by atoms with E-state index in [-0.39, 0.29) is 5.56 Å². The first-order valence-corrected chi connectivity index (χ1v) is 5.79. The zero-order valence-electron chi connectivity index (χ0n) is 10.7. The summed E-state index contributed by atoms with van der Waals surface area (Å²) in [5.41, 5.74) is 1.34. The third-order valence-electron chi connectivity index (χ3n) is 2.88. The number of carbonyl (C=O) groups excluding carboxylic acids is 1. The number of carbonyl (C=O) groups is 1. The Balaban J connectivity index is 2.36. The number of hydrogen-bond donors (Lipinski definition) is 0. The molecule has 2 rings (SSSR count). The maximum Gasteiger partial charge on any atom is 0.261 e. The molecule has 0 N–H and O–H groups in total. The standard InChI is InChI=1S/C15H13F2NO/c1-10-5-3-6-11(9-10)18(2)15(19)12-7-4-8-13(16)14(12)17/h3-9H,1-2H3. The van der Waals surface area contributed by atoms with E-state index < -0.39 is 17.5 Å². The van der Waals surface area contributed by atoms with Crippen LogP contribution in [0.25, 0.3) is 0 Å². The van der Waals surface area contributed by atoms with Gasteiger partial charge in [0.25, 0.3) is 5.91 Å². The van der Waals surface area contributed by atoms with Crippen molar-refractivity contribution in [2.24, 2.45) is 0 Å². The lowest BCUT2D eigenvalue weighted by molar-refractivity contribution is 0.0988. The van der Waals surface area contributed by atoms with Gasteiger partial charge >= 0.3 is 0 Å². The number of anilines is 1. The molecule has 2 nitrogen and oxygen atoms in total. The van der Waals surface area contributed by atoms with Crippen molar-refractivity contribution in [1.82, 2.24) is 0 Å². The number of nitrogens with zero attached hydrogens (tertiary/aromatic N) is 1. The van der Waals surface area contributed by atoms with Crippen LogP contribution in [0.15, 0.2) is 42.5 Å². The second kappa shape index (κ2) is 5.18. The Bertz CT molecular complexity index is 625. The van der Waals surface area contributed by atoms with E-state index in [2.05, 4.69) is 0 Å². The van der Waals surface area contributed by atoms with Gasteiger partial charge in [-0.05, 0) is 36.8 Å². The molecule has 2 aromatic carbocycles. The van der Waals surface area contributed by atoms with Gasteiger partial charge < -0.3 is 4.90 Å². The molecule has 0 saturated heterocycles. The van der Waals surface area contributed by atoms with Crippen LogP contribution in [0.5, 0.6) is 0 Å². The van der Waals surface area contributed by atoms with Crippen LogP contribution in [0.3, 0.4) is 0 Å². The molecule has 0 saturated carbocycles. The number of halogens is 2. The average molecular weight is 261 g/mol. The summed E-state index contributed by atoms with van der Waals surface area (Å²) in [6.07, 6.45) is 0. The summed E-state index contributed by atoms with van der Waals surface area (Å²) in [6.45, 7) is 1.89. The second-order valence-electron chi connectivity index (χ2n) is 4.30. The molecule has 0 fully saturated rings. The lowest BCUT2D eigenvalue weighted by atomic mass is 10.1. The third kappa shape index (κ3) is 2.62. The number of amides is 1. The van der Waals surface area contributed by atoms with E-state index in [0.717, 1.165) is 11.6 Å². The normalized spacial score (nSPS) is 10.3. The number of aryl methyl sites for hydroxylation is 1. The fourth-order valence-corrected chi connectivity index (χ4v) is 1.80. The van der Waals surface area contributed by atoms with Crippen LogP contribution < -0.4 is 4.90 Å². The maximum absolute atomic E-state index is 13.6. The van der Waals surface area contributed by atoms with Gasteiger partial charge in [-0.25, -0.2) is 8.78 Å². The van der Waals surface area contributed by atoms with Crippen molar-refractivity contribution in [2.45, 2.75) is 6.92 Å². The van der Waals surface area contributed by atoms with Crippen LogP contribution in [-0.4, -0.2) is 13.0 Å². The van der Waals surface area contributed by atoms with Crippen LogP contribution >= 0.6 is 0 Å². The smallest absolute Gasteiger partial charge is 0.261 e. The van der Waals surface area contributed by atoms with Gasteiger partial charge in [0.1, 0.15) is 0 Å². The largest absolute Gasteiger partial charge is 0.311 e. The monoisotopic (exact) mass is 261 g/mol. The lowest BCUT2D eigenvalue weighted by Crippen LogP contribution is -2.27. The molecule has 4 heteroatoms. The maximum atomic E-state index is 13.6. The van der Waals surface area contributed by atoms with Gasteiger partial charge in [-0.1, -0.05) is 18.2 Å². The molecule has 0 aliphatic heterocycles. The lowest BCUT2D eigenvalue weighted by Gasteiger charge is -2.18.